The second-order valence-corrected chi connectivity index (χ2v) is 8.83. The summed E-state index contributed by atoms with van der Waals surface area (Å²) in [7, 11) is 0. The highest BCUT2D eigenvalue weighted by atomic mass is 79.9. The van der Waals surface area contributed by atoms with Gasteiger partial charge in [-0.05, 0) is 56.7 Å². The van der Waals surface area contributed by atoms with E-state index in [9.17, 15) is 15.0 Å². The number of hydrogen-bond donors (Lipinski definition) is 2. The first-order chi connectivity index (χ1) is 8.93. The van der Waals surface area contributed by atoms with Crippen LogP contribution in [0.25, 0.3) is 0 Å². The number of carboxylic acids is 1. The molecule has 1 aliphatic carbocycles. The van der Waals surface area contributed by atoms with Gasteiger partial charge in [-0.3, -0.25) is 4.79 Å². The van der Waals surface area contributed by atoms with Crippen LogP contribution in [0, 0.1) is 17.8 Å². The first kappa shape index (κ1) is 15.5. The van der Waals surface area contributed by atoms with Crippen molar-refractivity contribution in [2.24, 2.45) is 17.8 Å². The maximum atomic E-state index is 11.4. The highest BCUT2D eigenvalue weighted by molar-refractivity contribution is 9.12. The lowest BCUT2D eigenvalue weighted by atomic mass is 9.88. The Balaban J connectivity index is 2.23. The van der Waals surface area contributed by atoms with Crippen molar-refractivity contribution in [3.05, 3.63) is 19.2 Å². The van der Waals surface area contributed by atoms with Crippen LogP contribution >= 0.6 is 43.2 Å². The van der Waals surface area contributed by atoms with Gasteiger partial charge in [-0.1, -0.05) is 13.3 Å². The number of carbonyl (C=O) groups is 1. The number of thiophene rings is 1. The Morgan fingerprint density at radius 1 is 1.53 bits per heavy atom. The molecule has 106 valence electrons. The van der Waals surface area contributed by atoms with Gasteiger partial charge in [-0.2, -0.15) is 0 Å². The number of aliphatic hydroxyl groups excluding tert-OH is 1. The number of rotatable bonds is 4. The van der Waals surface area contributed by atoms with Crippen molar-refractivity contribution < 1.29 is 15.0 Å². The van der Waals surface area contributed by atoms with Crippen LogP contribution in [0.1, 0.15) is 37.9 Å². The van der Waals surface area contributed by atoms with Crippen LogP contribution in [0.4, 0.5) is 0 Å². The number of halogens is 2. The Morgan fingerprint density at radius 3 is 2.68 bits per heavy atom. The molecule has 1 saturated carbocycles. The number of carboxylic acid groups (broad SMARTS) is 1. The van der Waals surface area contributed by atoms with E-state index >= 15 is 0 Å². The van der Waals surface area contributed by atoms with Crippen molar-refractivity contribution in [1.29, 1.82) is 0 Å². The summed E-state index contributed by atoms with van der Waals surface area (Å²) in [5.74, 6) is -1.02. The molecule has 1 heterocycles. The highest BCUT2D eigenvalue weighted by Gasteiger charge is 2.42. The summed E-state index contributed by atoms with van der Waals surface area (Å²) in [5.41, 5.74) is 0.796. The summed E-state index contributed by atoms with van der Waals surface area (Å²) >= 11 is 8.32. The van der Waals surface area contributed by atoms with Gasteiger partial charge in [0.25, 0.3) is 0 Å². The van der Waals surface area contributed by atoms with Gasteiger partial charge in [0, 0.05) is 11.5 Å². The van der Waals surface area contributed by atoms with Gasteiger partial charge in [0.2, 0.25) is 0 Å². The van der Waals surface area contributed by atoms with Crippen molar-refractivity contribution in [3.8, 4) is 0 Å². The average Bonchev–Trinajstić information content (AvgIpc) is 2.91. The maximum absolute atomic E-state index is 11.4. The molecule has 0 radical (unpaired) electrons. The van der Waals surface area contributed by atoms with E-state index in [2.05, 4.69) is 38.8 Å². The fraction of sp³-hybridized carbons (Fsp3) is 0.615. The van der Waals surface area contributed by atoms with Crippen LogP contribution in [-0.2, 0) is 4.79 Å². The zero-order valence-corrected chi connectivity index (χ0v) is 14.5. The smallest absolute Gasteiger partial charge is 0.306 e. The second-order valence-electron chi connectivity index (χ2n) is 5.08. The fourth-order valence-electron chi connectivity index (χ4n) is 2.93. The molecular formula is C13H16Br2O3S. The molecular weight excluding hydrogens is 396 g/mol. The SMILES string of the molecule is CCC1CC(C(=O)O)C(C(O)c2cc(Br)sc2Br)C1. The minimum atomic E-state index is -0.787. The van der Waals surface area contributed by atoms with E-state index in [1.165, 1.54) is 11.3 Å². The van der Waals surface area contributed by atoms with Gasteiger partial charge in [0.1, 0.15) is 0 Å². The molecule has 1 aromatic heterocycles. The van der Waals surface area contributed by atoms with Crippen molar-refractivity contribution in [2.45, 2.75) is 32.3 Å². The minimum Gasteiger partial charge on any atom is -0.481 e. The van der Waals surface area contributed by atoms with Gasteiger partial charge in [-0.15, -0.1) is 11.3 Å². The van der Waals surface area contributed by atoms with Gasteiger partial charge in [0.05, 0.1) is 19.6 Å². The summed E-state index contributed by atoms with van der Waals surface area (Å²) in [6.07, 6.45) is 1.72. The standard InChI is InChI=1S/C13H16Br2O3S/c1-2-6-3-7(8(4-6)13(17)18)11(16)9-5-10(14)19-12(9)15/h5-8,11,16H,2-4H2,1H3,(H,17,18). The third-order valence-electron chi connectivity index (χ3n) is 4.01. The number of aliphatic hydroxyl groups is 1. The lowest BCUT2D eigenvalue weighted by molar-refractivity contribution is -0.144. The molecule has 0 amide bonds. The summed E-state index contributed by atoms with van der Waals surface area (Å²) in [4.78, 5) is 11.4. The van der Waals surface area contributed by atoms with E-state index in [1.54, 1.807) is 0 Å². The molecule has 4 atom stereocenters. The molecule has 0 aliphatic heterocycles. The second kappa shape index (κ2) is 6.24. The topological polar surface area (TPSA) is 57.5 Å². The number of hydrogen-bond acceptors (Lipinski definition) is 3. The molecule has 1 aliphatic rings. The zero-order valence-electron chi connectivity index (χ0n) is 10.5. The largest absolute Gasteiger partial charge is 0.481 e. The molecule has 3 nitrogen and oxygen atoms in total. The molecule has 1 aromatic rings. The molecule has 19 heavy (non-hydrogen) atoms. The average molecular weight is 412 g/mol. The van der Waals surface area contributed by atoms with E-state index in [-0.39, 0.29) is 5.92 Å². The van der Waals surface area contributed by atoms with E-state index < -0.39 is 18.0 Å². The van der Waals surface area contributed by atoms with E-state index in [0.29, 0.717) is 12.3 Å². The Hall–Kier alpha value is 0.0900. The lowest BCUT2D eigenvalue weighted by Crippen LogP contribution is -2.23. The molecule has 2 N–H and O–H groups in total. The predicted octanol–water partition coefficient (Wildman–Crippen LogP) is 4.44. The molecule has 0 saturated heterocycles. The van der Waals surface area contributed by atoms with Crippen molar-refractivity contribution in [1.82, 2.24) is 0 Å². The normalized spacial score (nSPS) is 28.5. The number of aliphatic carboxylic acids is 1. The summed E-state index contributed by atoms with van der Waals surface area (Å²) < 4.78 is 1.81. The molecule has 0 aromatic carbocycles. The molecule has 1 fully saturated rings. The molecule has 0 spiro atoms. The molecule has 6 heteroatoms. The Labute approximate surface area is 133 Å². The first-order valence-corrected chi connectivity index (χ1v) is 8.69. The van der Waals surface area contributed by atoms with Crippen LogP contribution in [0.15, 0.2) is 13.6 Å². The summed E-state index contributed by atoms with van der Waals surface area (Å²) in [6.45, 7) is 2.08. The Morgan fingerprint density at radius 2 is 2.21 bits per heavy atom. The van der Waals surface area contributed by atoms with Crippen LogP contribution in [-0.4, -0.2) is 16.2 Å². The quantitative estimate of drug-likeness (QED) is 0.769. The third kappa shape index (κ3) is 3.23. The third-order valence-corrected chi connectivity index (χ3v) is 6.40. The van der Waals surface area contributed by atoms with E-state index in [0.717, 1.165) is 26.0 Å². The molecule has 4 unspecified atom stereocenters. The maximum Gasteiger partial charge on any atom is 0.306 e. The lowest BCUT2D eigenvalue weighted by Gasteiger charge is -2.22. The van der Waals surface area contributed by atoms with Gasteiger partial charge < -0.3 is 10.2 Å². The molecule has 0 bridgehead atoms. The van der Waals surface area contributed by atoms with Gasteiger partial charge in [-0.25, -0.2) is 0 Å². The van der Waals surface area contributed by atoms with Crippen molar-refractivity contribution in [3.63, 3.8) is 0 Å². The van der Waals surface area contributed by atoms with Crippen LogP contribution < -0.4 is 0 Å². The zero-order chi connectivity index (χ0) is 14.2. The van der Waals surface area contributed by atoms with Crippen LogP contribution in [0.5, 0.6) is 0 Å². The van der Waals surface area contributed by atoms with Crippen LogP contribution in [0.3, 0.4) is 0 Å². The Bertz CT molecular complexity index is 474. The fourth-order valence-corrected chi connectivity index (χ4v) is 5.84. The van der Waals surface area contributed by atoms with E-state index in [4.69, 9.17) is 0 Å². The predicted molar refractivity (Wildman–Crippen MR) is 82.3 cm³/mol. The van der Waals surface area contributed by atoms with Gasteiger partial charge in [0.15, 0.2) is 0 Å². The minimum absolute atomic E-state index is 0.194. The van der Waals surface area contributed by atoms with Crippen molar-refractivity contribution in [2.75, 3.05) is 0 Å². The van der Waals surface area contributed by atoms with Crippen LogP contribution in [0.2, 0.25) is 0 Å². The molecule has 2 rings (SSSR count). The summed E-state index contributed by atoms with van der Waals surface area (Å²) in [6, 6.07) is 1.87. The van der Waals surface area contributed by atoms with Crippen molar-refractivity contribution >= 4 is 49.2 Å². The van der Waals surface area contributed by atoms with E-state index in [1.807, 2.05) is 6.07 Å². The van der Waals surface area contributed by atoms with Gasteiger partial charge >= 0.3 is 5.97 Å². The first-order valence-electron chi connectivity index (χ1n) is 6.29. The highest BCUT2D eigenvalue weighted by Crippen LogP contribution is 2.47. The summed E-state index contributed by atoms with van der Waals surface area (Å²) in [5, 5.41) is 19.9. The monoisotopic (exact) mass is 410 g/mol. The Kier molecular flexibility index (Phi) is 5.09.